The van der Waals surface area contributed by atoms with E-state index >= 15 is 0 Å². The second-order valence-corrected chi connectivity index (χ2v) is 6.68. The largest absolute Gasteiger partial charge is 0.326 e. The zero-order chi connectivity index (χ0) is 16.2. The van der Waals surface area contributed by atoms with Crippen molar-refractivity contribution in [2.24, 2.45) is 0 Å². The summed E-state index contributed by atoms with van der Waals surface area (Å²) < 4.78 is 0. The van der Waals surface area contributed by atoms with Crippen molar-refractivity contribution in [3.63, 3.8) is 0 Å². The van der Waals surface area contributed by atoms with Gasteiger partial charge in [0.05, 0.1) is 6.42 Å². The summed E-state index contributed by atoms with van der Waals surface area (Å²) >= 11 is 1.58. The van der Waals surface area contributed by atoms with E-state index in [4.69, 9.17) is 0 Å². The highest BCUT2D eigenvalue weighted by molar-refractivity contribution is 7.10. The van der Waals surface area contributed by atoms with Crippen molar-refractivity contribution < 1.29 is 9.59 Å². The third-order valence-electron chi connectivity index (χ3n) is 4.01. The van der Waals surface area contributed by atoms with Gasteiger partial charge in [-0.25, -0.2) is 0 Å². The molecule has 1 aromatic carbocycles. The molecule has 2 heterocycles. The van der Waals surface area contributed by atoms with Crippen LogP contribution in [0.25, 0.3) is 0 Å². The summed E-state index contributed by atoms with van der Waals surface area (Å²) in [4.78, 5) is 27.1. The summed E-state index contributed by atoms with van der Waals surface area (Å²) in [6.45, 7) is 2.63. The smallest absolute Gasteiger partial charge is 0.229 e. The SMILES string of the molecule is CCC(=O)N1CCCc2ccc(NC(=O)Cc3cccs3)cc21. The number of hydrogen-bond donors (Lipinski definition) is 1. The number of carbonyl (C=O) groups excluding carboxylic acids is 2. The Balaban J connectivity index is 1.76. The average molecular weight is 328 g/mol. The van der Waals surface area contributed by atoms with Gasteiger partial charge in [0.1, 0.15) is 0 Å². The van der Waals surface area contributed by atoms with Crippen LogP contribution >= 0.6 is 11.3 Å². The Morgan fingerprint density at radius 2 is 2.17 bits per heavy atom. The van der Waals surface area contributed by atoms with Crippen LogP contribution in [0, 0.1) is 0 Å². The van der Waals surface area contributed by atoms with E-state index in [2.05, 4.69) is 5.32 Å². The van der Waals surface area contributed by atoms with E-state index in [1.54, 1.807) is 11.3 Å². The minimum Gasteiger partial charge on any atom is -0.326 e. The normalized spacial score (nSPS) is 13.5. The fraction of sp³-hybridized carbons (Fsp3) is 0.333. The van der Waals surface area contributed by atoms with Crippen LogP contribution in [0.2, 0.25) is 0 Å². The fourth-order valence-electron chi connectivity index (χ4n) is 2.88. The Morgan fingerprint density at radius 1 is 1.30 bits per heavy atom. The van der Waals surface area contributed by atoms with Crippen LogP contribution < -0.4 is 10.2 Å². The standard InChI is InChI=1S/C18H20N2O2S/c1-2-18(22)20-9-3-5-13-7-8-14(11-16(13)20)19-17(21)12-15-6-4-10-23-15/h4,6-8,10-11H,2-3,5,9,12H2,1H3,(H,19,21). The highest BCUT2D eigenvalue weighted by atomic mass is 32.1. The molecule has 2 aromatic rings. The third kappa shape index (κ3) is 3.62. The molecule has 3 rings (SSSR count). The van der Waals surface area contributed by atoms with Gasteiger partial charge in [-0.2, -0.15) is 0 Å². The molecular formula is C18H20N2O2S. The number of anilines is 2. The molecule has 0 saturated heterocycles. The van der Waals surface area contributed by atoms with E-state index in [0.29, 0.717) is 12.8 Å². The Hall–Kier alpha value is -2.14. The number of amides is 2. The minimum absolute atomic E-state index is 0.0309. The van der Waals surface area contributed by atoms with E-state index in [0.717, 1.165) is 35.6 Å². The molecule has 1 aliphatic rings. The second kappa shape index (κ2) is 6.96. The molecule has 0 aliphatic carbocycles. The highest BCUT2D eigenvalue weighted by Crippen LogP contribution is 2.30. The quantitative estimate of drug-likeness (QED) is 0.932. The Kier molecular flexibility index (Phi) is 4.76. The molecule has 1 aliphatic heterocycles. The van der Waals surface area contributed by atoms with Crippen LogP contribution in [-0.4, -0.2) is 18.4 Å². The van der Waals surface area contributed by atoms with Crippen molar-refractivity contribution in [2.75, 3.05) is 16.8 Å². The number of aryl methyl sites for hydroxylation is 1. The molecular weight excluding hydrogens is 308 g/mol. The lowest BCUT2D eigenvalue weighted by Crippen LogP contribution is -2.35. The molecule has 23 heavy (non-hydrogen) atoms. The highest BCUT2D eigenvalue weighted by Gasteiger charge is 2.21. The summed E-state index contributed by atoms with van der Waals surface area (Å²) in [7, 11) is 0. The Morgan fingerprint density at radius 3 is 2.91 bits per heavy atom. The predicted molar refractivity (Wildman–Crippen MR) is 94.1 cm³/mol. The first-order valence-corrected chi connectivity index (χ1v) is 8.81. The number of nitrogens with one attached hydrogen (secondary N) is 1. The van der Waals surface area contributed by atoms with Crippen molar-refractivity contribution in [1.82, 2.24) is 0 Å². The fourth-order valence-corrected chi connectivity index (χ4v) is 3.58. The van der Waals surface area contributed by atoms with Gasteiger partial charge in [0.25, 0.3) is 0 Å². The Labute approximate surface area is 140 Å². The second-order valence-electron chi connectivity index (χ2n) is 5.65. The van der Waals surface area contributed by atoms with Crippen LogP contribution in [0.5, 0.6) is 0 Å². The summed E-state index contributed by atoms with van der Waals surface area (Å²) in [6.07, 6.45) is 2.84. The maximum Gasteiger partial charge on any atom is 0.229 e. The van der Waals surface area contributed by atoms with E-state index in [-0.39, 0.29) is 11.8 Å². The lowest BCUT2D eigenvalue weighted by molar-refractivity contribution is -0.118. The summed E-state index contributed by atoms with van der Waals surface area (Å²) in [6, 6.07) is 9.77. The molecule has 0 bridgehead atoms. The minimum atomic E-state index is -0.0309. The van der Waals surface area contributed by atoms with Gasteiger partial charge in [-0.3, -0.25) is 9.59 Å². The molecule has 1 N–H and O–H groups in total. The first kappa shape index (κ1) is 15.7. The summed E-state index contributed by atoms with van der Waals surface area (Å²) in [5, 5.41) is 4.91. The number of hydrogen-bond acceptors (Lipinski definition) is 3. The van der Waals surface area contributed by atoms with E-state index in [1.165, 1.54) is 5.56 Å². The number of rotatable bonds is 4. The topological polar surface area (TPSA) is 49.4 Å². The van der Waals surface area contributed by atoms with Crippen molar-refractivity contribution >= 4 is 34.5 Å². The van der Waals surface area contributed by atoms with Crippen LogP contribution in [0.15, 0.2) is 35.7 Å². The lowest BCUT2D eigenvalue weighted by Gasteiger charge is -2.29. The van der Waals surface area contributed by atoms with Gasteiger partial charge >= 0.3 is 0 Å². The zero-order valence-corrected chi connectivity index (χ0v) is 14.0. The van der Waals surface area contributed by atoms with E-state index in [1.807, 2.05) is 47.5 Å². The number of thiophene rings is 1. The molecule has 0 spiro atoms. The maximum atomic E-state index is 12.1. The lowest BCUT2D eigenvalue weighted by atomic mass is 10.0. The average Bonchev–Trinajstić information content (AvgIpc) is 3.06. The van der Waals surface area contributed by atoms with Crippen molar-refractivity contribution in [2.45, 2.75) is 32.6 Å². The number of carbonyl (C=O) groups is 2. The maximum absolute atomic E-state index is 12.1. The molecule has 4 nitrogen and oxygen atoms in total. The third-order valence-corrected chi connectivity index (χ3v) is 4.88. The molecule has 2 amide bonds. The molecule has 1 aromatic heterocycles. The summed E-state index contributed by atoms with van der Waals surface area (Å²) in [5.74, 6) is 0.101. The molecule has 0 fully saturated rings. The van der Waals surface area contributed by atoms with Crippen molar-refractivity contribution in [1.29, 1.82) is 0 Å². The molecule has 0 radical (unpaired) electrons. The monoisotopic (exact) mass is 328 g/mol. The first-order valence-electron chi connectivity index (χ1n) is 7.93. The summed E-state index contributed by atoms with van der Waals surface area (Å²) in [5.41, 5.74) is 2.87. The molecule has 5 heteroatoms. The van der Waals surface area contributed by atoms with Gasteiger partial charge in [0.2, 0.25) is 11.8 Å². The molecule has 120 valence electrons. The van der Waals surface area contributed by atoms with Crippen LogP contribution in [-0.2, 0) is 22.4 Å². The van der Waals surface area contributed by atoms with Gasteiger partial charge < -0.3 is 10.2 Å². The van der Waals surface area contributed by atoms with Crippen LogP contribution in [0.4, 0.5) is 11.4 Å². The number of fused-ring (bicyclic) bond motifs is 1. The van der Waals surface area contributed by atoms with Crippen molar-refractivity contribution in [3.05, 3.63) is 46.2 Å². The van der Waals surface area contributed by atoms with Crippen LogP contribution in [0.1, 0.15) is 30.2 Å². The van der Waals surface area contributed by atoms with Crippen LogP contribution in [0.3, 0.4) is 0 Å². The van der Waals surface area contributed by atoms with E-state index in [9.17, 15) is 9.59 Å². The molecule has 0 atom stereocenters. The van der Waals surface area contributed by atoms with Gasteiger partial charge in [-0.15, -0.1) is 11.3 Å². The molecule has 0 unspecified atom stereocenters. The van der Waals surface area contributed by atoms with Gasteiger partial charge in [0, 0.05) is 29.2 Å². The molecule has 0 saturated carbocycles. The predicted octanol–water partition coefficient (Wildman–Crippen LogP) is 3.62. The van der Waals surface area contributed by atoms with Gasteiger partial charge in [0.15, 0.2) is 0 Å². The van der Waals surface area contributed by atoms with Gasteiger partial charge in [-0.05, 0) is 42.0 Å². The zero-order valence-electron chi connectivity index (χ0n) is 13.2. The van der Waals surface area contributed by atoms with Crippen molar-refractivity contribution in [3.8, 4) is 0 Å². The van der Waals surface area contributed by atoms with Gasteiger partial charge in [-0.1, -0.05) is 19.1 Å². The number of nitrogens with zero attached hydrogens (tertiary/aromatic N) is 1. The first-order chi connectivity index (χ1) is 11.2. The Bertz CT molecular complexity index is 710. The number of benzene rings is 1. The van der Waals surface area contributed by atoms with E-state index < -0.39 is 0 Å².